The number of piperazine rings is 2. The Balaban J connectivity index is 1.04. The lowest BCUT2D eigenvalue weighted by molar-refractivity contribution is -0.137. The third-order valence-electron chi connectivity index (χ3n) is 7.95. The van der Waals surface area contributed by atoms with Gasteiger partial charge in [0.25, 0.3) is 5.91 Å². The molecule has 0 atom stereocenters. The summed E-state index contributed by atoms with van der Waals surface area (Å²) in [6, 6.07) is 20.0. The first kappa shape index (κ1) is 30.4. The number of alkyl halides is 3. The van der Waals surface area contributed by atoms with Crippen LogP contribution in [0.1, 0.15) is 27.0 Å². The van der Waals surface area contributed by atoms with E-state index in [2.05, 4.69) is 27.2 Å². The van der Waals surface area contributed by atoms with Crippen LogP contribution in [-0.4, -0.2) is 91.0 Å². The van der Waals surface area contributed by atoms with Crippen LogP contribution in [-0.2, 0) is 19.3 Å². The van der Waals surface area contributed by atoms with Crippen molar-refractivity contribution in [2.24, 2.45) is 0 Å². The van der Waals surface area contributed by atoms with Gasteiger partial charge < -0.3 is 19.9 Å². The van der Waals surface area contributed by atoms with Crippen LogP contribution in [0.2, 0.25) is 0 Å². The number of methoxy groups -OCH3 is 1. The quantitative estimate of drug-likeness (QED) is 0.416. The molecular formula is C32H36F3N5O3. The topological polar surface area (TPSA) is 68.4 Å². The van der Waals surface area contributed by atoms with Crippen LogP contribution in [0.3, 0.4) is 0 Å². The van der Waals surface area contributed by atoms with Crippen molar-refractivity contribution in [1.82, 2.24) is 19.6 Å². The second-order valence-corrected chi connectivity index (χ2v) is 10.9. The molecule has 43 heavy (non-hydrogen) atoms. The number of nitrogens with one attached hydrogen (secondary N) is 1. The lowest BCUT2D eigenvalue weighted by Gasteiger charge is -2.35. The van der Waals surface area contributed by atoms with Crippen molar-refractivity contribution >= 4 is 17.6 Å². The number of ether oxygens (including phenoxy) is 1. The van der Waals surface area contributed by atoms with E-state index in [0.29, 0.717) is 57.1 Å². The number of rotatable bonds is 7. The molecule has 228 valence electrons. The number of anilines is 1. The molecule has 2 aliphatic heterocycles. The average Bonchev–Trinajstić information content (AvgIpc) is 3.02. The molecule has 3 aromatic carbocycles. The Labute approximate surface area is 249 Å². The molecule has 0 unspecified atom stereocenters. The minimum absolute atomic E-state index is 0.0833. The monoisotopic (exact) mass is 595 g/mol. The van der Waals surface area contributed by atoms with Crippen LogP contribution in [0.4, 0.5) is 23.7 Å². The number of hydrogen-bond donors (Lipinski definition) is 1. The van der Waals surface area contributed by atoms with E-state index in [1.165, 1.54) is 17.7 Å². The molecule has 2 aliphatic rings. The minimum Gasteiger partial charge on any atom is -0.497 e. The molecule has 8 nitrogen and oxygen atoms in total. The molecule has 2 fully saturated rings. The highest BCUT2D eigenvalue weighted by Crippen LogP contribution is 2.29. The van der Waals surface area contributed by atoms with Crippen molar-refractivity contribution in [3.63, 3.8) is 0 Å². The highest BCUT2D eigenvalue weighted by Gasteiger charge is 2.30. The summed E-state index contributed by atoms with van der Waals surface area (Å²) in [5.41, 5.74) is 2.52. The maximum atomic E-state index is 13.1. The van der Waals surface area contributed by atoms with Crippen molar-refractivity contribution in [3.05, 3.63) is 95.1 Å². The van der Waals surface area contributed by atoms with Gasteiger partial charge in [-0.05, 0) is 59.7 Å². The Morgan fingerprint density at radius 3 is 1.67 bits per heavy atom. The largest absolute Gasteiger partial charge is 0.497 e. The second-order valence-electron chi connectivity index (χ2n) is 10.9. The molecular weight excluding hydrogens is 559 g/mol. The van der Waals surface area contributed by atoms with Gasteiger partial charge in [-0.3, -0.25) is 14.6 Å². The third-order valence-corrected chi connectivity index (χ3v) is 7.95. The summed E-state index contributed by atoms with van der Waals surface area (Å²) in [5, 5.41) is 2.94. The van der Waals surface area contributed by atoms with Gasteiger partial charge in [0.2, 0.25) is 0 Å². The zero-order valence-corrected chi connectivity index (χ0v) is 24.1. The fourth-order valence-corrected chi connectivity index (χ4v) is 5.35. The Hall–Kier alpha value is -4.09. The predicted molar refractivity (Wildman–Crippen MR) is 158 cm³/mol. The van der Waals surface area contributed by atoms with Crippen LogP contribution in [0.25, 0.3) is 0 Å². The van der Waals surface area contributed by atoms with Crippen LogP contribution in [0.5, 0.6) is 5.75 Å². The Morgan fingerprint density at radius 2 is 1.19 bits per heavy atom. The molecule has 11 heteroatoms. The first-order valence-electron chi connectivity index (χ1n) is 14.4. The summed E-state index contributed by atoms with van der Waals surface area (Å²) in [6.45, 7) is 6.50. The van der Waals surface area contributed by atoms with Crippen LogP contribution in [0, 0.1) is 0 Å². The molecule has 3 amide bonds. The Morgan fingerprint density at radius 1 is 0.698 bits per heavy atom. The van der Waals surface area contributed by atoms with Crippen molar-refractivity contribution in [1.29, 1.82) is 0 Å². The lowest BCUT2D eigenvalue weighted by atomic mass is 10.1. The van der Waals surface area contributed by atoms with E-state index in [1.54, 1.807) is 41.2 Å². The Kier molecular flexibility index (Phi) is 9.52. The zero-order valence-electron chi connectivity index (χ0n) is 24.1. The van der Waals surface area contributed by atoms with E-state index in [4.69, 9.17) is 4.74 Å². The number of nitrogens with zero attached hydrogens (tertiary/aromatic N) is 4. The third kappa shape index (κ3) is 8.05. The van der Waals surface area contributed by atoms with E-state index in [0.717, 1.165) is 43.1 Å². The maximum absolute atomic E-state index is 13.1. The van der Waals surface area contributed by atoms with Gasteiger partial charge in [-0.2, -0.15) is 13.2 Å². The van der Waals surface area contributed by atoms with Gasteiger partial charge in [-0.1, -0.05) is 24.3 Å². The van der Waals surface area contributed by atoms with Gasteiger partial charge in [-0.15, -0.1) is 0 Å². The molecule has 2 heterocycles. The van der Waals surface area contributed by atoms with E-state index in [1.807, 2.05) is 12.1 Å². The molecule has 0 aliphatic carbocycles. The Bertz CT molecular complexity index is 1370. The SMILES string of the molecule is COc1ccc(CN2CCN(C(=O)Nc3ccc(C(=O)N4CCN(Cc5ccc(C(F)(F)F)cc5)CC4)cc3)CC2)cc1. The fraction of sp³-hybridized carbons (Fsp3) is 0.375. The standard InChI is InChI=1S/C32H36F3N5O3/c1-43-29-12-4-25(5-13-29)23-38-16-20-40(21-17-38)31(42)36-28-10-6-26(7-11-28)30(41)39-18-14-37(15-19-39)22-24-2-8-27(9-3-24)32(33,34)35/h2-13H,14-23H2,1H3,(H,36,42). The van der Waals surface area contributed by atoms with Crippen molar-refractivity contribution in [3.8, 4) is 5.75 Å². The fourth-order valence-electron chi connectivity index (χ4n) is 5.35. The summed E-state index contributed by atoms with van der Waals surface area (Å²) in [6.07, 6.45) is -4.34. The molecule has 0 spiro atoms. The van der Waals surface area contributed by atoms with Crippen LogP contribution in [0.15, 0.2) is 72.8 Å². The molecule has 2 saturated heterocycles. The van der Waals surface area contributed by atoms with Gasteiger partial charge in [0.05, 0.1) is 12.7 Å². The van der Waals surface area contributed by atoms with Gasteiger partial charge in [0, 0.05) is 76.7 Å². The van der Waals surface area contributed by atoms with Gasteiger partial charge in [0.1, 0.15) is 5.75 Å². The molecule has 1 N–H and O–H groups in total. The number of amides is 3. The predicted octanol–water partition coefficient (Wildman–Crippen LogP) is 5.02. The summed E-state index contributed by atoms with van der Waals surface area (Å²) >= 11 is 0. The van der Waals surface area contributed by atoms with Gasteiger partial charge >= 0.3 is 12.2 Å². The first-order chi connectivity index (χ1) is 20.7. The lowest BCUT2D eigenvalue weighted by Crippen LogP contribution is -2.49. The highest BCUT2D eigenvalue weighted by atomic mass is 19.4. The van der Waals surface area contributed by atoms with E-state index in [9.17, 15) is 22.8 Å². The summed E-state index contributed by atoms with van der Waals surface area (Å²) in [4.78, 5) is 33.9. The van der Waals surface area contributed by atoms with E-state index >= 15 is 0 Å². The number of urea groups is 1. The summed E-state index contributed by atoms with van der Waals surface area (Å²) in [5.74, 6) is 0.748. The number of halogens is 3. The molecule has 5 rings (SSSR count). The summed E-state index contributed by atoms with van der Waals surface area (Å²) < 4.78 is 43.6. The normalized spacial score (nSPS) is 16.7. The highest BCUT2D eigenvalue weighted by molar-refractivity contribution is 5.95. The van der Waals surface area contributed by atoms with E-state index < -0.39 is 11.7 Å². The maximum Gasteiger partial charge on any atom is 0.416 e. The number of hydrogen-bond acceptors (Lipinski definition) is 5. The molecule has 0 bridgehead atoms. The average molecular weight is 596 g/mol. The number of carbonyl (C=O) groups is 2. The van der Waals surface area contributed by atoms with E-state index in [-0.39, 0.29) is 11.9 Å². The second kappa shape index (κ2) is 13.5. The van der Waals surface area contributed by atoms with Gasteiger partial charge in [-0.25, -0.2) is 4.79 Å². The molecule has 0 saturated carbocycles. The minimum atomic E-state index is -4.34. The van der Waals surface area contributed by atoms with Crippen LogP contribution >= 0.6 is 0 Å². The first-order valence-corrected chi connectivity index (χ1v) is 14.4. The smallest absolute Gasteiger partial charge is 0.416 e. The van der Waals surface area contributed by atoms with Gasteiger partial charge in [0.15, 0.2) is 0 Å². The van der Waals surface area contributed by atoms with Crippen LogP contribution < -0.4 is 10.1 Å². The number of carbonyl (C=O) groups excluding carboxylic acids is 2. The zero-order chi connectivity index (χ0) is 30.4. The van der Waals surface area contributed by atoms with Crippen molar-refractivity contribution in [2.75, 3.05) is 64.8 Å². The van der Waals surface area contributed by atoms with Crippen molar-refractivity contribution in [2.45, 2.75) is 19.3 Å². The molecule has 3 aromatic rings. The molecule has 0 aromatic heterocycles. The van der Waals surface area contributed by atoms with Crippen molar-refractivity contribution < 1.29 is 27.5 Å². The molecule has 0 radical (unpaired) electrons. The summed E-state index contributed by atoms with van der Waals surface area (Å²) in [7, 11) is 1.65. The number of benzene rings is 3.